The summed E-state index contributed by atoms with van der Waals surface area (Å²) in [6.45, 7) is 5.12. The van der Waals surface area contributed by atoms with Crippen molar-refractivity contribution in [2.24, 2.45) is 5.92 Å². The molecular formula is C9H18NO. The van der Waals surface area contributed by atoms with Crippen molar-refractivity contribution in [3.8, 4) is 0 Å². The highest BCUT2D eigenvalue weighted by Gasteiger charge is 1.99. The van der Waals surface area contributed by atoms with Gasteiger partial charge < -0.3 is 5.32 Å². The van der Waals surface area contributed by atoms with Crippen LogP contribution >= 0.6 is 0 Å². The Hall–Kier alpha value is -0.530. The van der Waals surface area contributed by atoms with Crippen molar-refractivity contribution < 1.29 is 4.79 Å². The zero-order valence-corrected chi connectivity index (χ0v) is 7.52. The summed E-state index contributed by atoms with van der Waals surface area (Å²) in [6, 6.07) is 0. The SMILES string of the molecule is CCCCCC(C)CN[C]=O. The summed E-state index contributed by atoms with van der Waals surface area (Å²) in [7, 11) is 0. The van der Waals surface area contributed by atoms with E-state index in [0.29, 0.717) is 5.92 Å². The number of rotatable bonds is 7. The molecule has 0 heterocycles. The van der Waals surface area contributed by atoms with Crippen LogP contribution in [0.3, 0.4) is 0 Å². The lowest BCUT2D eigenvalue weighted by atomic mass is 10.0. The summed E-state index contributed by atoms with van der Waals surface area (Å²) in [4.78, 5) is 9.80. The molecule has 0 spiro atoms. The third-order valence-electron chi connectivity index (χ3n) is 1.82. The van der Waals surface area contributed by atoms with E-state index in [4.69, 9.17) is 0 Å². The number of unbranched alkanes of at least 4 members (excludes halogenated alkanes) is 2. The number of carbonyl (C=O) groups excluding carboxylic acids is 1. The first kappa shape index (κ1) is 10.5. The van der Waals surface area contributed by atoms with E-state index in [-0.39, 0.29) is 0 Å². The largest absolute Gasteiger partial charge is 0.348 e. The van der Waals surface area contributed by atoms with E-state index in [1.807, 2.05) is 0 Å². The van der Waals surface area contributed by atoms with Crippen LogP contribution in [0.4, 0.5) is 0 Å². The fourth-order valence-corrected chi connectivity index (χ4v) is 1.06. The summed E-state index contributed by atoms with van der Waals surface area (Å²) in [5.41, 5.74) is 0. The van der Waals surface area contributed by atoms with Gasteiger partial charge in [0, 0.05) is 6.54 Å². The zero-order chi connectivity index (χ0) is 8.53. The van der Waals surface area contributed by atoms with Crippen molar-refractivity contribution in [1.29, 1.82) is 0 Å². The molecule has 1 radical (unpaired) electrons. The van der Waals surface area contributed by atoms with Crippen molar-refractivity contribution in [2.75, 3.05) is 6.54 Å². The first-order valence-corrected chi connectivity index (χ1v) is 4.41. The molecule has 0 aliphatic heterocycles. The van der Waals surface area contributed by atoms with Gasteiger partial charge >= 0.3 is 6.41 Å². The van der Waals surface area contributed by atoms with Gasteiger partial charge in [0.2, 0.25) is 0 Å². The Labute approximate surface area is 69.4 Å². The Morgan fingerprint density at radius 1 is 1.45 bits per heavy atom. The van der Waals surface area contributed by atoms with Gasteiger partial charge in [-0.3, -0.25) is 4.79 Å². The maximum atomic E-state index is 9.80. The summed E-state index contributed by atoms with van der Waals surface area (Å²) < 4.78 is 0. The molecule has 0 aliphatic carbocycles. The Morgan fingerprint density at radius 3 is 2.73 bits per heavy atom. The van der Waals surface area contributed by atoms with Crippen molar-refractivity contribution in [3.63, 3.8) is 0 Å². The lowest BCUT2D eigenvalue weighted by Gasteiger charge is -2.08. The summed E-state index contributed by atoms with van der Waals surface area (Å²) >= 11 is 0. The summed E-state index contributed by atoms with van der Waals surface area (Å²) in [6.07, 6.45) is 6.74. The molecule has 0 rings (SSSR count). The first-order chi connectivity index (χ1) is 5.31. The minimum Gasteiger partial charge on any atom is -0.348 e. The predicted octanol–water partition coefficient (Wildman–Crippen LogP) is 1.86. The van der Waals surface area contributed by atoms with Crippen molar-refractivity contribution in [2.45, 2.75) is 39.5 Å². The van der Waals surface area contributed by atoms with Crippen LogP contribution in [0.5, 0.6) is 0 Å². The zero-order valence-electron chi connectivity index (χ0n) is 7.52. The molecule has 0 bridgehead atoms. The second kappa shape index (κ2) is 7.58. The summed E-state index contributed by atoms with van der Waals surface area (Å²) in [5, 5.41) is 2.57. The first-order valence-electron chi connectivity index (χ1n) is 4.41. The standard InChI is InChI=1S/C9H18NO/c1-3-4-5-6-9(2)7-10-8-11/h9H,3-7H2,1-2H3,(H,10,11). The minimum atomic E-state index is 0.600. The molecule has 2 heteroatoms. The molecular weight excluding hydrogens is 138 g/mol. The molecule has 0 aromatic rings. The van der Waals surface area contributed by atoms with Crippen molar-refractivity contribution >= 4 is 6.41 Å². The molecule has 2 nitrogen and oxygen atoms in total. The van der Waals surface area contributed by atoms with Gasteiger partial charge in [0.05, 0.1) is 0 Å². The van der Waals surface area contributed by atoms with E-state index >= 15 is 0 Å². The van der Waals surface area contributed by atoms with Gasteiger partial charge in [-0.1, -0.05) is 33.1 Å². The second-order valence-corrected chi connectivity index (χ2v) is 3.08. The smallest absolute Gasteiger partial charge is 0.309 e. The molecule has 1 atom stereocenters. The van der Waals surface area contributed by atoms with Crippen molar-refractivity contribution in [1.82, 2.24) is 5.32 Å². The molecule has 0 fully saturated rings. The van der Waals surface area contributed by atoms with E-state index in [1.165, 1.54) is 25.7 Å². The molecule has 0 aromatic carbocycles. The second-order valence-electron chi connectivity index (χ2n) is 3.08. The van der Waals surface area contributed by atoms with Crippen molar-refractivity contribution in [3.05, 3.63) is 0 Å². The number of nitrogens with one attached hydrogen (secondary N) is 1. The van der Waals surface area contributed by atoms with Gasteiger partial charge in [0.15, 0.2) is 0 Å². The van der Waals surface area contributed by atoms with Gasteiger partial charge in [-0.25, -0.2) is 0 Å². The van der Waals surface area contributed by atoms with Crippen LogP contribution in [0.15, 0.2) is 0 Å². The fourth-order valence-electron chi connectivity index (χ4n) is 1.06. The monoisotopic (exact) mass is 156 g/mol. The van der Waals surface area contributed by atoms with Gasteiger partial charge in [0.25, 0.3) is 0 Å². The average molecular weight is 156 g/mol. The average Bonchev–Trinajstić information content (AvgIpc) is 2.01. The summed E-state index contributed by atoms with van der Waals surface area (Å²) in [5.74, 6) is 0.600. The molecule has 0 aromatic heterocycles. The quantitative estimate of drug-likeness (QED) is 0.442. The third-order valence-corrected chi connectivity index (χ3v) is 1.82. The molecule has 1 amide bonds. The Bertz CT molecular complexity index is 93.6. The van der Waals surface area contributed by atoms with Crippen LogP contribution in [-0.4, -0.2) is 13.0 Å². The highest BCUT2D eigenvalue weighted by Crippen LogP contribution is 2.07. The Kier molecular flexibility index (Phi) is 7.21. The van der Waals surface area contributed by atoms with Gasteiger partial charge in [-0.05, 0) is 12.3 Å². The maximum absolute atomic E-state index is 9.80. The van der Waals surface area contributed by atoms with Gasteiger partial charge in [-0.2, -0.15) is 0 Å². The molecule has 65 valence electrons. The molecule has 11 heavy (non-hydrogen) atoms. The lowest BCUT2D eigenvalue weighted by Crippen LogP contribution is -2.18. The number of hydrogen-bond donors (Lipinski definition) is 1. The highest BCUT2D eigenvalue weighted by atomic mass is 16.1. The van der Waals surface area contributed by atoms with Crippen LogP contribution in [0.2, 0.25) is 0 Å². The number of hydrogen-bond acceptors (Lipinski definition) is 1. The predicted molar refractivity (Wildman–Crippen MR) is 47.0 cm³/mol. The molecule has 0 saturated heterocycles. The van der Waals surface area contributed by atoms with Crippen LogP contribution in [-0.2, 0) is 4.79 Å². The van der Waals surface area contributed by atoms with E-state index in [9.17, 15) is 4.79 Å². The van der Waals surface area contributed by atoms with E-state index < -0.39 is 0 Å². The van der Waals surface area contributed by atoms with Gasteiger partial charge in [-0.15, -0.1) is 0 Å². The molecule has 0 saturated carbocycles. The lowest BCUT2D eigenvalue weighted by molar-refractivity contribution is 0.473. The molecule has 0 aliphatic rings. The third kappa shape index (κ3) is 7.37. The Balaban J connectivity index is 3.08. The van der Waals surface area contributed by atoms with Crippen LogP contribution < -0.4 is 5.32 Å². The van der Waals surface area contributed by atoms with Crippen LogP contribution in [0.1, 0.15) is 39.5 Å². The molecule has 1 N–H and O–H groups in total. The topological polar surface area (TPSA) is 29.1 Å². The van der Waals surface area contributed by atoms with E-state index in [2.05, 4.69) is 19.2 Å². The van der Waals surface area contributed by atoms with Gasteiger partial charge in [0.1, 0.15) is 0 Å². The van der Waals surface area contributed by atoms with Crippen LogP contribution in [0, 0.1) is 5.92 Å². The molecule has 1 unspecified atom stereocenters. The minimum absolute atomic E-state index is 0.600. The Morgan fingerprint density at radius 2 is 2.18 bits per heavy atom. The normalized spacial score (nSPS) is 12.5. The highest BCUT2D eigenvalue weighted by molar-refractivity contribution is 5.46. The van der Waals surface area contributed by atoms with E-state index in [0.717, 1.165) is 6.54 Å². The van der Waals surface area contributed by atoms with Crippen LogP contribution in [0.25, 0.3) is 0 Å². The van der Waals surface area contributed by atoms with E-state index in [1.54, 1.807) is 6.41 Å². The number of amides is 1. The fraction of sp³-hybridized carbons (Fsp3) is 0.889. The maximum Gasteiger partial charge on any atom is 0.309 e.